The van der Waals surface area contributed by atoms with Crippen LogP contribution in [0.5, 0.6) is 0 Å². The smallest absolute Gasteiger partial charge is 0.256 e. The molecule has 4 amide bonds. The molecule has 0 saturated carbocycles. The SMILES string of the molecule is CCCCCCN(CCCCCC)C(=O)c1ccc(C(=O)N(CCCCCC)CCCCCC)c(/N=N/c2c(C(C)(C)C)nn(-c3cc(-n4nc(C(C)(C)C)c(/N=N/c5cc(C(=O)N(CCCCCC)CCCCCC)ccc5C(=O)N(CCCCCC)CC(CC)CCCC)c4N)ncn3)c2N)c1. The number of anilines is 2. The Kier molecular flexibility index (Phi) is 39.1. The van der Waals surface area contributed by atoms with Crippen LogP contribution < -0.4 is 11.5 Å². The van der Waals surface area contributed by atoms with E-state index in [2.05, 4.69) is 62.3 Å². The summed E-state index contributed by atoms with van der Waals surface area (Å²) in [7, 11) is 0. The van der Waals surface area contributed by atoms with Crippen molar-refractivity contribution in [2.75, 3.05) is 63.8 Å². The van der Waals surface area contributed by atoms with Crippen LogP contribution in [0.25, 0.3) is 11.6 Å². The molecule has 0 aliphatic carbocycles. The lowest BCUT2D eigenvalue weighted by Crippen LogP contribution is -2.36. The maximum Gasteiger partial charge on any atom is 0.256 e. The van der Waals surface area contributed by atoms with E-state index in [9.17, 15) is 9.59 Å². The van der Waals surface area contributed by atoms with Gasteiger partial charge in [-0.15, -0.1) is 20.5 Å². The second-order valence-electron chi connectivity index (χ2n) is 31.1. The summed E-state index contributed by atoms with van der Waals surface area (Å²) in [6, 6.07) is 12.3. The van der Waals surface area contributed by atoms with Gasteiger partial charge < -0.3 is 31.1 Å². The highest BCUT2D eigenvalue weighted by Gasteiger charge is 2.32. The first-order chi connectivity index (χ1) is 50.1. The van der Waals surface area contributed by atoms with Gasteiger partial charge in [0, 0.05) is 80.4 Å². The van der Waals surface area contributed by atoms with Crippen molar-refractivity contribution in [2.24, 2.45) is 26.4 Å². The topological polar surface area (TPSA) is 244 Å². The molecule has 0 aliphatic heterocycles. The third kappa shape index (κ3) is 27.2. The van der Waals surface area contributed by atoms with Crippen LogP contribution in [0, 0.1) is 5.92 Å². The molecule has 0 bridgehead atoms. The predicted molar refractivity (Wildman–Crippen MR) is 430 cm³/mol. The number of rotatable bonds is 51. The van der Waals surface area contributed by atoms with E-state index >= 15 is 9.59 Å². The minimum atomic E-state index is -0.631. The Hall–Kier alpha value is -7.38. The van der Waals surface area contributed by atoms with Crippen molar-refractivity contribution < 1.29 is 19.2 Å². The predicted octanol–water partition coefficient (Wildman–Crippen LogP) is 22.5. The average molecular weight is 1440 g/mol. The Morgan fingerprint density at radius 2 is 0.702 bits per heavy atom. The number of carbonyl (C=O) groups is 4. The van der Waals surface area contributed by atoms with E-state index in [0.29, 0.717) is 91.9 Å². The molecule has 0 radical (unpaired) electrons. The summed E-state index contributed by atoms with van der Waals surface area (Å²) < 4.78 is 3.01. The van der Waals surface area contributed by atoms with Gasteiger partial charge in [-0.25, -0.2) is 9.97 Å². The zero-order valence-corrected chi connectivity index (χ0v) is 67.5. The Balaban J connectivity index is 1.69. The summed E-state index contributed by atoms with van der Waals surface area (Å²) in [5.74, 6) is 0.696. The summed E-state index contributed by atoms with van der Waals surface area (Å²) in [4.78, 5) is 77.4. The van der Waals surface area contributed by atoms with Gasteiger partial charge in [0.15, 0.2) is 34.6 Å². The van der Waals surface area contributed by atoms with Gasteiger partial charge >= 0.3 is 0 Å². The normalized spacial score (nSPS) is 12.3. The lowest BCUT2D eigenvalue weighted by molar-refractivity contribution is 0.0714. The number of nitrogen functional groups attached to an aromatic ring is 2. The highest BCUT2D eigenvalue weighted by Crippen LogP contribution is 2.41. The van der Waals surface area contributed by atoms with Crippen LogP contribution in [0.2, 0.25) is 0 Å². The summed E-state index contributed by atoms with van der Waals surface area (Å²) in [5.41, 5.74) is 17.0. The van der Waals surface area contributed by atoms with Crippen LogP contribution in [0.4, 0.5) is 34.4 Å². The van der Waals surface area contributed by atoms with Gasteiger partial charge in [-0.05, 0) is 93.7 Å². The van der Waals surface area contributed by atoms with Crippen molar-refractivity contribution in [3.8, 4) is 11.6 Å². The standard InChI is InChI=1S/C84H138N16O4/c1-16-25-33-40-52-95(53-41-34-26-17-2)79(101)65-48-50-67(81(103)97(56-44-37-29-20-5)57-45-38-30-21-6)69(59-65)89-91-73-75(83(10,11)12)93-99(77(73)85)71-61-72(88-63-87-71)100-78(86)74(76(94-100)84(13,14)15)92-90-70-60-66(80(102)96(54-42-35-27-18-3)55-43-36-28-19-4)49-51-68(70)82(104)98(58-46-39-31-22-7)62-64(24-9)47-32-23-8/h48-51,59-61,63-64H,16-47,52-58,62,85-86H2,1-15H3/b91-89+,92-90+. The highest BCUT2D eigenvalue weighted by atomic mass is 16.2. The first kappa shape index (κ1) is 87.3. The van der Waals surface area contributed by atoms with Gasteiger partial charge in [-0.2, -0.15) is 19.6 Å². The van der Waals surface area contributed by atoms with Crippen molar-refractivity contribution in [2.45, 2.75) is 320 Å². The third-order valence-corrected chi connectivity index (χ3v) is 19.9. The maximum atomic E-state index is 15.3. The number of aromatic nitrogens is 6. The molecule has 3 aromatic heterocycles. The van der Waals surface area contributed by atoms with E-state index in [0.717, 1.165) is 205 Å². The van der Waals surface area contributed by atoms with Crippen LogP contribution in [-0.2, 0) is 10.8 Å². The van der Waals surface area contributed by atoms with E-state index in [1.807, 2.05) is 61.1 Å². The highest BCUT2D eigenvalue weighted by molar-refractivity contribution is 6.03. The van der Waals surface area contributed by atoms with Crippen LogP contribution in [0.15, 0.2) is 69.2 Å². The van der Waals surface area contributed by atoms with Crippen LogP contribution in [-0.4, -0.2) is 125 Å². The number of nitrogens with zero attached hydrogens (tertiary/aromatic N) is 14. The Morgan fingerprint density at radius 1 is 0.394 bits per heavy atom. The number of nitrogens with two attached hydrogens (primary N) is 2. The van der Waals surface area contributed by atoms with Crippen LogP contribution in [0.1, 0.15) is 362 Å². The zero-order valence-electron chi connectivity index (χ0n) is 67.5. The Morgan fingerprint density at radius 3 is 1.01 bits per heavy atom. The van der Waals surface area contributed by atoms with Gasteiger partial charge in [0.2, 0.25) is 0 Å². The second kappa shape index (κ2) is 46.5. The molecule has 578 valence electrons. The molecule has 0 saturated heterocycles. The largest absolute Gasteiger partial charge is 0.382 e. The molecule has 104 heavy (non-hydrogen) atoms. The fourth-order valence-corrected chi connectivity index (χ4v) is 13.3. The zero-order chi connectivity index (χ0) is 76.0. The molecule has 1 unspecified atom stereocenters. The number of unbranched alkanes of at least 4 members (excludes halogenated alkanes) is 22. The van der Waals surface area contributed by atoms with Gasteiger partial charge in [-0.1, -0.05) is 258 Å². The number of hydrogen-bond donors (Lipinski definition) is 2. The molecule has 0 aliphatic rings. The van der Waals surface area contributed by atoms with Gasteiger partial charge in [0.25, 0.3) is 23.6 Å². The monoisotopic (exact) mass is 1440 g/mol. The van der Waals surface area contributed by atoms with E-state index in [1.165, 1.54) is 15.7 Å². The van der Waals surface area contributed by atoms with Crippen LogP contribution in [0.3, 0.4) is 0 Å². The van der Waals surface area contributed by atoms with Gasteiger partial charge in [0.1, 0.15) is 6.33 Å². The van der Waals surface area contributed by atoms with Gasteiger partial charge in [-0.3, -0.25) is 19.2 Å². The lowest BCUT2D eigenvalue weighted by Gasteiger charge is -2.28. The minimum Gasteiger partial charge on any atom is -0.382 e. The Bertz CT molecular complexity index is 3390. The number of carbonyl (C=O) groups excluding carboxylic acids is 4. The molecule has 5 aromatic rings. The molecule has 5 rings (SSSR count). The molecule has 3 heterocycles. The van der Waals surface area contributed by atoms with Gasteiger partial charge in [0.05, 0.1) is 33.9 Å². The van der Waals surface area contributed by atoms with Crippen molar-refractivity contribution >= 4 is 58.0 Å². The number of amides is 4. The van der Waals surface area contributed by atoms with Crippen molar-refractivity contribution in [3.63, 3.8) is 0 Å². The first-order valence-electron chi connectivity index (χ1n) is 41.0. The van der Waals surface area contributed by atoms with E-state index < -0.39 is 10.8 Å². The minimum absolute atomic E-state index is 0.0916. The van der Waals surface area contributed by atoms with E-state index in [1.54, 1.807) is 42.5 Å². The average Bonchev–Trinajstić information content (AvgIpc) is 1.61. The summed E-state index contributed by atoms with van der Waals surface area (Å²) in [5, 5.41) is 30.0. The molecule has 0 fully saturated rings. The summed E-state index contributed by atoms with van der Waals surface area (Å²) >= 11 is 0. The molecule has 2 aromatic carbocycles. The quantitative estimate of drug-likeness (QED) is 0.0275. The van der Waals surface area contributed by atoms with Crippen molar-refractivity contribution in [1.82, 2.24) is 49.1 Å². The second-order valence-corrected chi connectivity index (χ2v) is 31.1. The molecule has 0 spiro atoms. The lowest BCUT2D eigenvalue weighted by atomic mass is 9.91. The third-order valence-electron chi connectivity index (χ3n) is 19.9. The number of azo groups is 2. The molecule has 20 heteroatoms. The number of benzene rings is 2. The number of hydrogen-bond acceptors (Lipinski definition) is 14. The Labute approximate surface area is 627 Å². The van der Waals surface area contributed by atoms with Crippen LogP contribution >= 0.6 is 0 Å². The fourth-order valence-electron chi connectivity index (χ4n) is 13.3. The summed E-state index contributed by atoms with van der Waals surface area (Å²) in [6.07, 6.45) is 34.5. The first-order valence-corrected chi connectivity index (χ1v) is 41.0. The molecular formula is C84H138N16O4. The van der Waals surface area contributed by atoms with E-state index in [4.69, 9.17) is 52.1 Å². The molecule has 1 atom stereocenters. The van der Waals surface area contributed by atoms with E-state index in [-0.39, 0.29) is 69.6 Å². The summed E-state index contributed by atoms with van der Waals surface area (Å²) in [6.45, 7) is 36.9. The fraction of sp³-hybridized carbons (Fsp3) is 0.690. The maximum absolute atomic E-state index is 15.3. The molecule has 20 nitrogen and oxygen atoms in total. The van der Waals surface area contributed by atoms with Crippen molar-refractivity contribution in [3.05, 3.63) is 82.4 Å². The molecule has 4 N–H and O–H groups in total. The molecular weight excluding hydrogens is 1300 g/mol. The van der Waals surface area contributed by atoms with Crippen molar-refractivity contribution in [1.29, 1.82) is 0 Å².